The minimum absolute atomic E-state index is 0.429. The second-order valence-electron chi connectivity index (χ2n) is 7.84. The lowest BCUT2D eigenvalue weighted by Gasteiger charge is -2.37. The monoisotopic (exact) mass is 402 g/mol. The third kappa shape index (κ3) is 4.33. The van der Waals surface area contributed by atoms with Gasteiger partial charge in [0.2, 0.25) is 0 Å². The van der Waals surface area contributed by atoms with Crippen molar-refractivity contribution in [2.45, 2.75) is 44.2 Å². The smallest absolute Gasteiger partial charge is 0.407 e. The van der Waals surface area contributed by atoms with Crippen LogP contribution >= 0.6 is 11.6 Å². The summed E-state index contributed by atoms with van der Waals surface area (Å²) in [5, 5.41) is 14.6. The Labute approximate surface area is 170 Å². The lowest BCUT2D eigenvalue weighted by Crippen LogP contribution is -2.42. The van der Waals surface area contributed by atoms with E-state index in [0.29, 0.717) is 25.2 Å². The fourth-order valence-corrected chi connectivity index (χ4v) is 4.61. The minimum atomic E-state index is -0.783. The van der Waals surface area contributed by atoms with Crippen molar-refractivity contribution in [1.29, 1.82) is 0 Å². The number of likely N-dealkylation sites (tertiary alicyclic amines) is 2. The van der Waals surface area contributed by atoms with Crippen LogP contribution in [0, 0.1) is 0 Å². The van der Waals surface area contributed by atoms with Gasteiger partial charge in [-0.2, -0.15) is 5.10 Å². The van der Waals surface area contributed by atoms with Gasteiger partial charge in [-0.15, -0.1) is 0 Å². The summed E-state index contributed by atoms with van der Waals surface area (Å²) >= 11 is 5.98. The summed E-state index contributed by atoms with van der Waals surface area (Å²) in [5.74, 6) is 0. The van der Waals surface area contributed by atoms with Crippen LogP contribution in [0.4, 0.5) is 4.79 Å². The number of benzene rings is 1. The number of carboxylic acid groups (broad SMARTS) is 1. The zero-order chi connectivity index (χ0) is 19.5. The largest absolute Gasteiger partial charge is 0.465 e. The van der Waals surface area contributed by atoms with Gasteiger partial charge in [0.05, 0.1) is 12.2 Å². The summed E-state index contributed by atoms with van der Waals surface area (Å²) in [4.78, 5) is 15.3. The number of nitrogens with zero attached hydrogens (tertiary/aromatic N) is 4. The summed E-state index contributed by atoms with van der Waals surface area (Å²) in [6.45, 7) is 3.43. The van der Waals surface area contributed by atoms with Crippen LogP contribution in [-0.4, -0.2) is 63.0 Å². The Morgan fingerprint density at radius 3 is 2.39 bits per heavy atom. The Bertz CT molecular complexity index is 799. The normalized spacial score (nSPS) is 22.2. The average molecular weight is 403 g/mol. The van der Waals surface area contributed by atoms with Crippen LogP contribution in [0.3, 0.4) is 0 Å². The molecule has 28 heavy (non-hydrogen) atoms. The quantitative estimate of drug-likeness (QED) is 0.827. The molecule has 2 saturated heterocycles. The molecule has 0 bridgehead atoms. The highest BCUT2D eigenvalue weighted by Gasteiger charge is 2.28. The molecule has 1 atom stereocenters. The Morgan fingerprint density at radius 2 is 1.68 bits per heavy atom. The number of hydrogen-bond donors (Lipinski definition) is 1. The average Bonchev–Trinajstić information content (AvgIpc) is 3.06. The molecule has 150 valence electrons. The summed E-state index contributed by atoms with van der Waals surface area (Å²) < 4.78 is 2.11. The van der Waals surface area contributed by atoms with Crippen LogP contribution < -0.4 is 0 Å². The first-order valence-corrected chi connectivity index (χ1v) is 10.5. The van der Waals surface area contributed by atoms with Gasteiger partial charge in [-0.05, 0) is 49.8 Å². The number of carbonyl (C=O) groups is 1. The van der Waals surface area contributed by atoms with Crippen LogP contribution in [0.2, 0.25) is 5.02 Å². The topological polar surface area (TPSA) is 61.6 Å². The number of aromatic nitrogens is 2. The molecule has 1 aromatic heterocycles. The van der Waals surface area contributed by atoms with Crippen molar-refractivity contribution < 1.29 is 9.90 Å². The van der Waals surface area contributed by atoms with Crippen molar-refractivity contribution in [2.75, 3.05) is 26.2 Å². The summed E-state index contributed by atoms with van der Waals surface area (Å²) in [7, 11) is 0. The summed E-state index contributed by atoms with van der Waals surface area (Å²) in [6, 6.07) is 8.80. The number of piperidine rings is 1. The standard InChI is InChI=1S/C21H27ClN4O2/c22-18-5-3-16(4-6-18)17-14-23-26(15-17)20-8-11-24(12-9-20)19-2-1-10-25(13-7-19)21(27)28/h3-6,14-15,19-20H,1-2,7-13H2,(H,27,28). The molecule has 7 heteroatoms. The molecule has 2 aliphatic heterocycles. The molecule has 6 nitrogen and oxygen atoms in total. The number of amides is 1. The maximum Gasteiger partial charge on any atom is 0.407 e. The van der Waals surface area contributed by atoms with E-state index in [0.717, 1.165) is 61.3 Å². The lowest BCUT2D eigenvalue weighted by atomic mass is 10.00. The Morgan fingerprint density at radius 1 is 0.964 bits per heavy atom. The second-order valence-corrected chi connectivity index (χ2v) is 8.27. The van der Waals surface area contributed by atoms with Crippen LogP contribution in [0.5, 0.6) is 0 Å². The van der Waals surface area contributed by atoms with Crippen molar-refractivity contribution >= 4 is 17.7 Å². The molecular formula is C21H27ClN4O2. The highest BCUT2D eigenvalue weighted by molar-refractivity contribution is 6.30. The van der Waals surface area contributed by atoms with Gasteiger partial charge in [0.1, 0.15) is 0 Å². The van der Waals surface area contributed by atoms with E-state index < -0.39 is 6.09 Å². The molecule has 1 aromatic carbocycles. The first-order valence-electron chi connectivity index (χ1n) is 10.1. The third-order valence-electron chi connectivity index (χ3n) is 6.14. The molecule has 0 aliphatic carbocycles. The van der Waals surface area contributed by atoms with Gasteiger partial charge in [-0.25, -0.2) is 4.79 Å². The van der Waals surface area contributed by atoms with E-state index in [1.807, 2.05) is 30.5 Å². The third-order valence-corrected chi connectivity index (χ3v) is 6.39. The van der Waals surface area contributed by atoms with Gasteiger partial charge >= 0.3 is 6.09 Å². The van der Waals surface area contributed by atoms with Crippen molar-refractivity contribution in [1.82, 2.24) is 19.6 Å². The zero-order valence-corrected chi connectivity index (χ0v) is 16.8. The van der Waals surface area contributed by atoms with Crippen molar-refractivity contribution in [3.63, 3.8) is 0 Å². The van der Waals surface area contributed by atoms with Crippen molar-refractivity contribution in [2.24, 2.45) is 0 Å². The first kappa shape index (κ1) is 19.3. The van der Waals surface area contributed by atoms with Crippen molar-refractivity contribution in [3.05, 3.63) is 41.7 Å². The lowest BCUT2D eigenvalue weighted by molar-refractivity contribution is 0.117. The Balaban J connectivity index is 1.33. The highest BCUT2D eigenvalue weighted by atomic mass is 35.5. The van der Waals surface area contributed by atoms with Crippen molar-refractivity contribution in [3.8, 4) is 11.1 Å². The predicted octanol–water partition coefficient (Wildman–Crippen LogP) is 4.37. The van der Waals surface area contributed by atoms with Crippen LogP contribution in [0.25, 0.3) is 11.1 Å². The van der Waals surface area contributed by atoms with E-state index in [1.165, 1.54) is 0 Å². The zero-order valence-electron chi connectivity index (χ0n) is 16.0. The Hall–Kier alpha value is -2.05. The van der Waals surface area contributed by atoms with Gasteiger partial charge in [-0.1, -0.05) is 23.7 Å². The number of halogens is 1. The Kier molecular flexibility index (Phi) is 5.87. The van der Waals surface area contributed by atoms with E-state index >= 15 is 0 Å². The fourth-order valence-electron chi connectivity index (χ4n) is 4.48. The molecule has 4 rings (SSSR count). The maximum atomic E-state index is 11.2. The number of rotatable bonds is 3. The molecule has 0 radical (unpaired) electrons. The van der Waals surface area contributed by atoms with Gasteiger partial charge in [-0.3, -0.25) is 4.68 Å². The molecule has 3 heterocycles. The molecule has 1 unspecified atom stereocenters. The molecule has 2 aliphatic rings. The van der Waals surface area contributed by atoms with Crippen LogP contribution in [0.1, 0.15) is 38.1 Å². The van der Waals surface area contributed by atoms with E-state index in [2.05, 4.69) is 20.9 Å². The highest BCUT2D eigenvalue weighted by Crippen LogP contribution is 2.28. The van der Waals surface area contributed by atoms with Gasteiger partial charge in [0.15, 0.2) is 0 Å². The molecule has 1 N–H and O–H groups in total. The molecular weight excluding hydrogens is 376 g/mol. The van der Waals surface area contributed by atoms with E-state index in [1.54, 1.807) is 4.90 Å². The molecule has 2 fully saturated rings. The van der Waals surface area contributed by atoms with E-state index in [9.17, 15) is 9.90 Å². The van der Waals surface area contributed by atoms with E-state index in [4.69, 9.17) is 11.6 Å². The van der Waals surface area contributed by atoms with Gasteiger partial charge in [0.25, 0.3) is 0 Å². The fraction of sp³-hybridized carbons (Fsp3) is 0.524. The molecule has 1 amide bonds. The van der Waals surface area contributed by atoms with E-state index in [-0.39, 0.29) is 0 Å². The summed E-state index contributed by atoms with van der Waals surface area (Å²) in [6.07, 6.45) is 8.45. The molecule has 0 saturated carbocycles. The second kappa shape index (κ2) is 8.53. The maximum absolute atomic E-state index is 11.2. The van der Waals surface area contributed by atoms with Crippen LogP contribution in [0.15, 0.2) is 36.7 Å². The molecule has 0 spiro atoms. The first-order chi connectivity index (χ1) is 13.6. The molecule has 2 aromatic rings. The predicted molar refractivity (Wildman–Crippen MR) is 110 cm³/mol. The SMILES string of the molecule is O=C(O)N1CCCC(N2CCC(n3cc(-c4ccc(Cl)cc4)cn3)CC2)CC1. The van der Waals surface area contributed by atoms with Crippen LogP contribution in [-0.2, 0) is 0 Å². The number of hydrogen-bond acceptors (Lipinski definition) is 3. The van der Waals surface area contributed by atoms with Gasteiger partial charge in [0, 0.05) is 49.0 Å². The summed E-state index contributed by atoms with van der Waals surface area (Å²) in [5.41, 5.74) is 2.26. The minimum Gasteiger partial charge on any atom is -0.465 e. The van der Waals surface area contributed by atoms with Gasteiger partial charge < -0.3 is 14.9 Å².